The van der Waals surface area contributed by atoms with Gasteiger partial charge in [-0.15, -0.1) is 0 Å². The first kappa shape index (κ1) is 16.3. The van der Waals surface area contributed by atoms with Gasteiger partial charge in [0.1, 0.15) is 5.82 Å². The van der Waals surface area contributed by atoms with Gasteiger partial charge in [-0.1, -0.05) is 39.3 Å². The summed E-state index contributed by atoms with van der Waals surface area (Å²) in [6.45, 7) is 11.5. The third-order valence-electron chi connectivity index (χ3n) is 2.78. The highest BCUT2D eigenvalue weighted by molar-refractivity contribution is 6.31. The first-order valence-electron chi connectivity index (χ1n) is 6.97. The number of rotatable bonds is 7. The van der Waals surface area contributed by atoms with Gasteiger partial charge in [-0.05, 0) is 30.5 Å². The fraction of sp³-hybridized carbons (Fsp3) is 0.667. The minimum Gasteiger partial charge on any atom is -0.359 e. The maximum absolute atomic E-state index is 6.20. The number of anilines is 1. The predicted molar refractivity (Wildman–Crippen MR) is 83.9 cm³/mol. The quantitative estimate of drug-likeness (QED) is 0.829. The summed E-state index contributed by atoms with van der Waals surface area (Å²) < 4.78 is 0. The fourth-order valence-electron chi connectivity index (χ4n) is 1.93. The second kappa shape index (κ2) is 7.71. The van der Waals surface area contributed by atoms with E-state index in [0.29, 0.717) is 11.8 Å². The molecule has 0 aromatic carbocycles. The Balaban J connectivity index is 2.70. The summed E-state index contributed by atoms with van der Waals surface area (Å²) in [5.41, 5.74) is 0.926. The zero-order valence-electron chi connectivity index (χ0n) is 12.7. The maximum Gasteiger partial charge on any atom is 0.128 e. The molecule has 0 aliphatic heterocycles. The summed E-state index contributed by atoms with van der Waals surface area (Å²) in [6, 6.07) is 3.92. The molecule has 0 amide bonds. The average Bonchev–Trinajstić information content (AvgIpc) is 2.30. The van der Waals surface area contributed by atoms with E-state index < -0.39 is 0 Å². The van der Waals surface area contributed by atoms with Gasteiger partial charge < -0.3 is 10.2 Å². The van der Waals surface area contributed by atoms with Gasteiger partial charge in [0.05, 0.1) is 10.7 Å². The van der Waals surface area contributed by atoms with Gasteiger partial charge in [-0.2, -0.15) is 0 Å². The molecule has 0 bridgehead atoms. The molecule has 108 valence electrons. The van der Waals surface area contributed by atoms with E-state index in [-0.39, 0.29) is 0 Å². The van der Waals surface area contributed by atoms with Crippen LogP contribution >= 0.6 is 11.6 Å². The van der Waals surface area contributed by atoms with Crippen molar-refractivity contribution in [3.8, 4) is 0 Å². The zero-order valence-corrected chi connectivity index (χ0v) is 13.5. The Morgan fingerprint density at radius 3 is 2.47 bits per heavy atom. The van der Waals surface area contributed by atoms with Crippen LogP contribution in [-0.4, -0.2) is 25.1 Å². The number of hydrogen-bond acceptors (Lipinski definition) is 3. The number of pyridine rings is 1. The summed E-state index contributed by atoms with van der Waals surface area (Å²) >= 11 is 6.20. The van der Waals surface area contributed by atoms with Gasteiger partial charge in [-0.3, -0.25) is 0 Å². The van der Waals surface area contributed by atoms with Crippen LogP contribution in [0.3, 0.4) is 0 Å². The fourth-order valence-corrected chi connectivity index (χ4v) is 2.10. The van der Waals surface area contributed by atoms with Gasteiger partial charge in [-0.25, -0.2) is 4.98 Å². The van der Waals surface area contributed by atoms with Gasteiger partial charge in [0.15, 0.2) is 0 Å². The number of nitrogens with zero attached hydrogens (tertiary/aromatic N) is 2. The molecule has 1 aromatic rings. The van der Waals surface area contributed by atoms with Crippen molar-refractivity contribution in [3.63, 3.8) is 0 Å². The third-order valence-corrected chi connectivity index (χ3v) is 3.12. The molecule has 0 saturated carbocycles. The lowest BCUT2D eigenvalue weighted by atomic mass is 10.2. The Morgan fingerprint density at radius 2 is 1.89 bits per heavy atom. The molecule has 0 aliphatic carbocycles. The molecule has 0 saturated heterocycles. The van der Waals surface area contributed by atoms with E-state index in [1.54, 1.807) is 0 Å². The normalized spacial score (nSPS) is 11.4. The topological polar surface area (TPSA) is 28.2 Å². The molecule has 1 heterocycles. The predicted octanol–water partition coefficient (Wildman–Crippen LogP) is 3.57. The Labute approximate surface area is 122 Å². The molecular weight excluding hydrogens is 258 g/mol. The van der Waals surface area contributed by atoms with Crippen molar-refractivity contribution >= 4 is 17.4 Å². The van der Waals surface area contributed by atoms with Crippen molar-refractivity contribution in [1.29, 1.82) is 0 Å². The standard InChI is InChI=1S/C15H26ClN3/c1-11(2)8-17-9-14-13(16)6-7-15(18-14)19(5)10-12(3)4/h6-7,11-12,17H,8-10H2,1-5H3. The average molecular weight is 284 g/mol. The molecular formula is C15H26ClN3. The highest BCUT2D eigenvalue weighted by atomic mass is 35.5. The van der Waals surface area contributed by atoms with E-state index in [1.165, 1.54) is 0 Å². The van der Waals surface area contributed by atoms with Crippen LogP contribution in [-0.2, 0) is 6.54 Å². The third kappa shape index (κ3) is 5.79. The van der Waals surface area contributed by atoms with Crippen molar-refractivity contribution < 1.29 is 0 Å². The highest BCUT2D eigenvalue weighted by Crippen LogP contribution is 2.19. The first-order valence-corrected chi connectivity index (χ1v) is 7.35. The molecule has 0 aliphatic rings. The Morgan fingerprint density at radius 1 is 1.21 bits per heavy atom. The van der Waals surface area contributed by atoms with Crippen molar-refractivity contribution in [2.45, 2.75) is 34.2 Å². The van der Waals surface area contributed by atoms with Crippen molar-refractivity contribution in [2.24, 2.45) is 11.8 Å². The Bertz CT molecular complexity index is 391. The molecule has 0 fully saturated rings. The minimum atomic E-state index is 0.616. The molecule has 0 spiro atoms. The number of aromatic nitrogens is 1. The van der Waals surface area contributed by atoms with E-state index in [0.717, 1.165) is 36.2 Å². The lowest BCUT2D eigenvalue weighted by Crippen LogP contribution is -2.25. The SMILES string of the molecule is CC(C)CNCc1nc(N(C)CC(C)C)ccc1Cl. The van der Waals surface area contributed by atoms with Crippen molar-refractivity contribution in [2.75, 3.05) is 25.0 Å². The van der Waals surface area contributed by atoms with Crippen molar-refractivity contribution in [3.05, 3.63) is 22.8 Å². The summed E-state index contributed by atoms with van der Waals surface area (Å²) in [5.74, 6) is 2.23. The monoisotopic (exact) mass is 283 g/mol. The van der Waals surface area contributed by atoms with E-state index >= 15 is 0 Å². The van der Waals surface area contributed by atoms with Crippen LogP contribution in [0.25, 0.3) is 0 Å². The highest BCUT2D eigenvalue weighted by Gasteiger charge is 2.09. The Kier molecular flexibility index (Phi) is 6.59. The molecule has 19 heavy (non-hydrogen) atoms. The van der Waals surface area contributed by atoms with Crippen LogP contribution in [0.15, 0.2) is 12.1 Å². The van der Waals surface area contributed by atoms with Crippen LogP contribution in [0.1, 0.15) is 33.4 Å². The number of halogens is 1. The first-order chi connectivity index (χ1) is 8.90. The van der Waals surface area contributed by atoms with Crippen LogP contribution in [0, 0.1) is 11.8 Å². The molecule has 3 nitrogen and oxygen atoms in total. The maximum atomic E-state index is 6.20. The lowest BCUT2D eigenvalue weighted by Gasteiger charge is -2.21. The van der Waals surface area contributed by atoms with Crippen molar-refractivity contribution in [1.82, 2.24) is 10.3 Å². The largest absolute Gasteiger partial charge is 0.359 e. The van der Waals surface area contributed by atoms with Crippen LogP contribution in [0.4, 0.5) is 5.82 Å². The molecule has 0 unspecified atom stereocenters. The van der Waals surface area contributed by atoms with Gasteiger partial charge in [0.25, 0.3) is 0 Å². The minimum absolute atomic E-state index is 0.616. The van der Waals surface area contributed by atoms with Crippen LogP contribution in [0.2, 0.25) is 5.02 Å². The van der Waals surface area contributed by atoms with Crippen LogP contribution < -0.4 is 10.2 Å². The molecule has 1 aromatic heterocycles. The molecule has 0 atom stereocenters. The smallest absolute Gasteiger partial charge is 0.128 e. The summed E-state index contributed by atoms with van der Waals surface area (Å²) in [4.78, 5) is 6.83. The zero-order chi connectivity index (χ0) is 14.4. The Hall–Kier alpha value is -0.800. The van der Waals surface area contributed by atoms with Gasteiger partial charge in [0, 0.05) is 20.1 Å². The lowest BCUT2D eigenvalue weighted by molar-refractivity contribution is 0.548. The molecule has 4 heteroatoms. The van der Waals surface area contributed by atoms with Gasteiger partial charge >= 0.3 is 0 Å². The van der Waals surface area contributed by atoms with E-state index in [9.17, 15) is 0 Å². The van der Waals surface area contributed by atoms with Gasteiger partial charge in [0.2, 0.25) is 0 Å². The molecule has 1 rings (SSSR count). The second-order valence-corrected chi connectivity index (χ2v) is 6.30. The van der Waals surface area contributed by atoms with E-state index in [1.807, 2.05) is 12.1 Å². The summed E-state index contributed by atoms with van der Waals surface area (Å²) in [6.07, 6.45) is 0. The summed E-state index contributed by atoms with van der Waals surface area (Å²) in [7, 11) is 2.07. The van der Waals surface area contributed by atoms with E-state index in [2.05, 4.69) is 49.9 Å². The molecule has 0 radical (unpaired) electrons. The summed E-state index contributed by atoms with van der Waals surface area (Å²) in [5, 5.41) is 4.12. The number of hydrogen-bond donors (Lipinski definition) is 1. The number of nitrogens with one attached hydrogen (secondary N) is 1. The molecule has 1 N–H and O–H groups in total. The van der Waals surface area contributed by atoms with E-state index in [4.69, 9.17) is 11.6 Å². The second-order valence-electron chi connectivity index (χ2n) is 5.90. The van der Waals surface area contributed by atoms with Crippen LogP contribution in [0.5, 0.6) is 0 Å².